The minimum absolute atomic E-state index is 0.261. The number of benzene rings is 1. The van der Waals surface area contributed by atoms with Crippen LogP contribution >= 0.6 is 0 Å². The van der Waals surface area contributed by atoms with Gasteiger partial charge in [0.05, 0.1) is 0 Å². The largest absolute Gasteiger partial charge is 0.480 e. The molecule has 1 amide bonds. The summed E-state index contributed by atoms with van der Waals surface area (Å²) in [6.45, 7) is 2.70. The quantitative estimate of drug-likeness (QED) is 0.891. The first-order valence-corrected chi connectivity index (χ1v) is 6.85. The highest BCUT2D eigenvalue weighted by Crippen LogP contribution is 2.26. The van der Waals surface area contributed by atoms with Crippen molar-refractivity contribution in [1.29, 1.82) is 0 Å². The maximum Gasteiger partial charge on any atom is 0.326 e. The summed E-state index contributed by atoms with van der Waals surface area (Å²) in [6, 6.07) is 8.47. The van der Waals surface area contributed by atoms with Crippen molar-refractivity contribution in [3.05, 3.63) is 35.9 Å². The first-order valence-electron chi connectivity index (χ1n) is 6.85. The van der Waals surface area contributed by atoms with Crippen LogP contribution in [0.3, 0.4) is 0 Å². The van der Waals surface area contributed by atoms with E-state index in [2.05, 4.69) is 0 Å². The second kappa shape index (κ2) is 6.52. The van der Waals surface area contributed by atoms with Crippen LogP contribution in [0.2, 0.25) is 0 Å². The summed E-state index contributed by atoms with van der Waals surface area (Å²) in [4.78, 5) is 25.2. The van der Waals surface area contributed by atoms with Gasteiger partial charge in [0.25, 0.3) is 5.91 Å². The molecular formula is C15H19NO4. The molecule has 1 aliphatic rings. The second-order valence-corrected chi connectivity index (χ2v) is 4.77. The van der Waals surface area contributed by atoms with Crippen LogP contribution in [0.5, 0.6) is 0 Å². The van der Waals surface area contributed by atoms with Crippen molar-refractivity contribution in [2.45, 2.75) is 31.9 Å². The van der Waals surface area contributed by atoms with Gasteiger partial charge >= 0.3 is 5.97 Å². The van der Waals surface area contributed by atoms with Crippen molar-refractivity contribution in [3.63, 3.8) is 0 Å². The van der Waals surface area contributed by atoms with Gasteiger partial charge in [-0.05, 0) is 25.3 Å². The molecule has 1 N–H and O–H groups in total. The molecule has 2 unspecified atom stereocenters. The Bertz CT molecular complexity index is 474. The fourth-order valence-corrected chi connectivity index (χ4v) is 2.54. The van der Waals surface area contributed by atoms with Crippen LogP contribution in [0.1, 0.15) is 31.4 Å². The third-order valence-corrected chi connectivity index (χ3v) is 3.48. The van der Waals surface area contributed by atoms with Crippen LogP contribution in [0.4, 0.5) is 0 Å². The molecule has 2 rings (SSSR count). The zero-order chi connectivity index (χ0) is 14.5. The first-order chi connectivity index (χ1) is 9.65. The maximum atomic E-state index is 12.6. The Balaban J connectivity index is 2.21. The van der Waals surface area contributed by atoms with E-state index < -0.39 is 18.1 Å². The third-order valence-electron chi connectivity index (χ3n) is 3.48. The van der Waals surface area contributed by atoms with Gasteiger partial charge < -0.3 is 14.7 Å². The molecular weight excluding hydrogens is 258 g/mol. The van der Waals surface area contributed by atoms with Crippen LogP contribution in [-0.2, 0) is 14.3 Å². The predicted octanol–water partition coefficient (Wildman–Crippen LogP) is 1.84. The van der Waals surface area contributed by atoms with E-state index in [-0.39, 0.29) is 5.91 Å². The highest BCUT2D eigenvalue weighted by molar-refractivity contribution is 5.87. The Kier molecular flexibility index (Phi) is 4.74. The van der Waals surface area contributed by atoms with Gasteiger partial charge in [0.15, 0.2) is 6.10 Å². The van der Waals surface area contributed by atoms with Gasteiger partial charge in [0, 0.05) is 13.2 Å². The van der Waals surface area contributed by atoms with E-state index in [1.54, 1.807) is 0 Å². The van der Waals surface area contributed by atoms with Gasteiger partial charge in [-0.3, -0.25) is 4.79 Å². The molecule has 1 aliphatic heterocycles. The summed E-state index contributed by atoms with van der Waals surface area (Å²) < 4.78 is 5.55. The van der Waals surface area contributed by atoms with Crippen molar-refractivity contribution >= 4 is 11.9 Å². The number of amides is 1. The standard InChI is InChI=1S/C15H19NO4/c1-2-20-13(11-7-4-3-5-8-11)14(17)16-10-6-9-12(16)15(18)19/h3-5,7-8,12-13H,2,6,9-10H2,1H3,(H,18,19). The van der Waals surface area contributed by atoms with E-state index in [4.69, 9.17) is 4.74 Å². The number of rotatable bonds is 5. The van der Waals surface area contributed by atoms with Gasteiger partial charge in [-0.1, -0.05) is 30.3 Å². The third kappa shape index (κ3) is 2.99. The SMILES string of the molecule is CCOC(C(=O)N1CCCC1C(=O)O)c1ccccc1. The first kappa shape index (κ1) is 14.5. The van der Waals surface area contributed by atoms with Crippen LogP contribution in [0.15, 0.2) is 30.3 Å². The molecule has 1 aromatic rings. The molecule has 0 aromatic heterocycles. The Hall–Kier alpha value is -1.88. The fraction of sp³-hybridized carbons (Fsp3) is 0.467. The molecule has 1 aromatic carbocycles. The summed E-state index contributed by atoms with van der Waals surface area (Å²) in [6.07, 6.45) is 0.506. The molecule has 1 heterocycles. The number of aliphatic carboxylic acids is 1. The molecule has 0 radical (unpaired) electrons. The van der Waals surface area contributed by atoms with Gasteiger partial charge in [0.2, 0.25) is 0 Å². The summed E-state index contributed by atoms with van der Waals surface area (Å²) in [5.74, 6) is -1.21. The van der Waals surface area contributed by atoms with E-state index in [0.717, 1.165) is 12.0 Å². The molecule has 20 heavy (non-hydrogen) atoms. The number of carboxylic acid groups (broad SMARTS) is 1. The number of nitrogens with zero attached hydrogens (tertiary/aromatic N) is 1. The van der Waals surface area contributed by atoms with Crippen molar-refractivity contribution in [3.8, 4) is 0 Å². The molecule has 1 saturated heterocycles. The van der Waals surface area contributed by atoms with E-state index in [1.807, 2.05) is 37.3 Å². The van der Waals surface area contributed by atoms with Gasteiger partial charge in [-0.2, -0.15) is 0 Å². The average Bonchev–Trinajstić information content (AvgIpc) is 2.94. The Morgan fingerprint density at radius 2 is 2.10 bits per heavy atom. The van der Waals surface area contributed by atoms with Crippen molar-refractivity contribution in [2.75, 3.05) is 13.2 Å². The number of carboxylic acids is 1. The van der Waals surface area contributed by atoms with E-state index in [9.17, 15) is 14.7 Å². The topological polar surface area (TPSA) is 66.8 Å². The molecule has 1 fully saturated rings. The van der Waals surface area contributed by atoms with E-state index in [0.29, 0.717) is 19.6 Å². The lowest BCUT2D eigenvalue weighted by molar-refractivity contribution is -0.154. The van der Waals surface area contributed by atoms with Crippen LogP contribution in [0.25, 0.3) is 0 Å². The summed E-state index contributed by atoms with van der Waals surface area (Å²) in [7, 11) is 0. The zero-order valence-corrected chi connectivity index (χ0v) is 11.5. The minimum atomic E-state index is -0.945. The van der Waals surface area contributed by atoms with Gasteiger partial charge in [-0.25, -0.2) is 4.79 Å². The predicted molar refractivity (Wildman–Crippen MR) is 73.2 cm³/mol. The van der Waals surface area contributed by atoms with Gasteiger partial charge in [-0.15, -0.1) is 0 Å². The van der Waals surface area contributed by atoms with Crippen LogP contribution in [-0.4, -0.2) is 41.1 Å². The highest BCUT2D eigenvalue weighted by atomic mass is 16.5. The number of likely N-dealkylation sites (tertiary alicyclic amines) is 1. The number of carbonyl (C=O) groups excluding carboxylic acids is 1. The number of hydrogen-bond donors (Lipinski definition) is 1. The summed E-state index contributed by atoms with van der Waals surface area (Å²) in [5.41, 5.74) is 0.760. The maximum absolute atomic E-state index is 12.6. The molecule has 5 heteroatoms. The Morgan fingerprint density at radius 1 is 1.40 bits per heavy atom. The van der Waals surface area contributed by atoms with Gasteiger partial charge in [0.1, 0.15) is 6.04 Å². The zero-order valence-electron chi connectivity index (χ0n) is 11.5. The highest BCUT2D eigenvalue weighted by Gasteiger charge is 2.37. The van der Waals surface area contributed by atoms with Crippen molar-refractivity contribution in [1.82, 2.24) is 4.90 Å². The Labute approximate surface area is 118 Å². The minimum Gasteiger partial charge on any atom is -0.480 e. The number of ether oxygens (including phenoxy) is 1. The summed E-state index contributed by atoms with van der Waals surface area (Å²) >= 11 is 0. The lowest BCUT2D eigenvalue weighted by Crippen LogP contribution is -2.43. The lowest BCUT2D eigenvalue weighted by Gasteiger charge is -2.26. The molecule has 2 atom stereocenters. The van der Waals surface area contributed by atoms with E-state index in [1.165, 1.54) is 4.90 Å². The van der Waals surface area contributed by atoms with Crippen molar-refractivity contribution in [2.24, 2.45) is 0 Å². The lowest BCUT2D eigenvalue weighted by atomic mass is 10.1. The molecule has 0 saturated carbocycles. The monoisotopic (exact) mass is 277 g/mol. The average molecular weight is 277 g/mol. The molecule has 0 bridgehead atoms. The Morgan fingerprint density at radius 3 is 2.70 bits per heavy atom. The molecule has 0 aliphatic carbocycles. The fourth-order valence-electron chi connectivity index (χ4n) is 2.54. The second-order valence-electron chi connectivity index (χ2n) is 4.77. The molecule has 0 spiro atoms. The normalized spacial score (nSPS) is 19.9. The number of hydrogen-bond acceptors (Lipinski definition) is 3. The smallest absolute Gasteiger partial charge is 0.326 e. The van der Waals surface area contributed by atoms with Crippen LogP contribution in [0, 0.1) is 0 Å². The van der Waals surface area contributed by atoms with Crippen LogP contribution < -0.4 is 0 Å². The van der Waals surface area contributed by atoms with Crippen molar-refractivity contribution < 1.29 is 19.4 Å². The summed E-state index contributed by atoms with van der Waals surface area (Å²) in [5, 5.41) is 9.18. The molecule has 5 nitrogen and oxygen atoms in total. The number of carbonyl (C=O) groups is 2. The molecule has 108 valence electrons. The van der Waals surface area contributed by atoms with E-state index >= 15 is 0 Å².